The number of carbonyl (C=O) groups is 2. The van der Waals surface area contributed by atoms with Crippen molar-refractivity contribution in [2.24, 2.45) is 18.9 Å². The van der Waals surface area contributed by atoms with Crippen LogP contribution < -0.4 is 14.4 Å². The Labute approximate surface area is 283 Å². The van der Waals surface area contributed by atoms with Gasteiger partial charge in [-0.15, -0.1) is 0 Å². The van der Waals surface area contributed by atoms with Gasteiger partial charge in [0.1, 0.15) is 18.1 Å². The molecule has 3 aromatic rings. The third-order valence-corrected chi connectivity index (χ3v) is 10.9. The van der Waals surface area contributed by atoms with E-state index in [2.05, 4.69) is 61.1 Å². The second-order valence-electron chi connectivity index (χ2n) is 14.8. The second-order valence-corrected chi connectivity index (χ2v) is 14.8. The topological polar surface area (TPSA) is 103 Å². The number of benzene rings is 1. The van der Waals surface area contributed by atoms with Gasteiger partial charge in [-0.05, 0) is 99.8 Å². The number of aromatic nitrogens is 2. The summed E-state index contributed by atoms with van der Waals surface area (Å²) in [5, 5.41) is 9.54. The normalized spacial score (nSPS) is 24.5. The van der Waals surface area contributed by atoms with Gasteiger partial charge in [0, 0.05) is 35.7 Å². The molecule has 0 bridgehead atoms. The second kappa shape index (κ2) is 13.9. The lowest BCUT2D eigenvalue weighted by Crippen LogP contribution is -2.54. The maximum absolute atomic E-state index is 14.4. The standard InChI is InChI=1S/C38H50N5O5/c1-40(2)35-18-15-30(21-41(35)3)26-9-7-25(8-10-26)20-43(31-6-4-5-29(19-31)34-24-47-36(39-34)27-11-12-27)37(45)28-13-16-33(17-14-28)48-38(46)42-22-32(44)23-42/h4-6,15,18-19,21,24-28,32-33,44H,7-14,16-17,20,22-23H2,1-3H3/q+1. The quantitative estimate of drug-likeness (QED) is 0.291. The van der Waals surface area contributed by atoms with Crippen LogP contribution in [-0.4, -0.2) is 72.9 Å². The van der Waals surface area contributed by atoms with E-state index in [0.717, 1.165) is 61.4 Å². The summed E-state index contributed by atoms with van der Waals surface area (Å²) >= 11 is 0. The molecule has 10 heteroatoms. The van der Waals surface area contributed by atoms with Gasteiger partial charge in [0.15, 0.2) is 5.89 Å². The molecule has 3 heterocycles. The number of aliphatic hydroxyl groups excluding tert-OH is 1. The number of aryl methyl sites for hydroxylation is 1. The SMILES string of the molecule is CN(C)c1ccc(C2CCC(CN(C(=O)C3CCC(OC(=O)N4CC(O)C4)CC3)c3cccc(-c4coc(C5CC5)n4)c3)CC2)c[n+]1C. The summed E-state index contributed by atoms with van der Waals surface area (Å²) in [7, 11) is 6.26. The Bertz CT molecular complexity index is 1600. The monoisotopic (exact) mass is 656 g/mol. The highest BCUT2D eigenvalue weighted by Gasteiger charge is 2.36. The largest absolute Gasteiger partial charge is 0.448 e. The van der Waals surface area contributed by atoms with Crippen molar-refractivity contribution in [1.29, 1.82) is 0 Å². The predicted molar refractivity (Wildman–Crippen MR) is 183 cm³/mol. The van der Waals surface area contributed by atoms with Crippen molar-refractivity contribution in [2.45, 2.75) is 88.3 Å². The Balaban J connectivity index is 1.04. The molecule has 3 saturated carbocycles. The van der Waals surface area contributed by atoms with Gasteiger partial charge in [-0.25, -0.2) is 14.3 Å². The van der Waals surface area contributed by atoms with Gasteiger partial charge >= 0.3 is 6.09 Å². The first-order valence-corrected chi connectivity index (χ1v) is 17.9. The highest BCUT2D eigenvalue weighted by atomic mass is 16.6. The van der Waals surface area contributed by atoms with Crippen molar-refractivity contribution in [1.82, 2.24) is 9.88 Å². The molecule has 1 saturated heterocycles. The molecule has 0 spiro atoms. The van der Waals surface area contributed by atoms with Crippen molar-refractivity contribution in [3.05, 3.63) is 60.3 Å². The third-order valence-electron chi connectivity index (χ3n) is 10.9. The van der Waals surface area contributed by atoms with Gasteiger partial charge in [0.05, 0.1) is 46.5 Å². The predicted octanol–water partition coefficient (Wildman–Crippen LogP) is 5.79. The Morgan fingerprint density at radius 3 is 2.38 bits per heavy atom. The molecule has 10 nitrogen and oxygen atoms in total. The third kappa shape index (κ3) is 7.23. The van der Waals surface area contributed by atoms with Crippen molar-refractivity contribution in [3.63, 3.8) is 0 Å². The minimum Gasteiger partial charge on any atom is -0.448 e. The van der Waals surface area contributed by atoms with Gasteiger partial charge in [-0.3, -0.25) is 9.69 Å². The zero-order chi connectivity index (χ0) is 33.4. The number of oxazole rings is 1. The van der Waals surface area contributed by atoms with E-state index >= 15 is 0 Å². The number of ether oxygens (including phenoxy) is 1. The molecule has 0 unspecified atom stereocenters. The first kappa shape index (κ1) is 32.6. The van der Waals surface area contributed by atoms with Gasteiger partial charge in [-0.2, -0.15) is 0 Å². The summed E-state index contributed by atoms with van der Waals surface area (Å²) in [6.07, 6.45) is 12.4. The average Bonchev–Trinajstić information content (AvgIpc) is 3.81. The number of likely N-dealkylation sites (tertiary alicyclic amines) is 1. The molecule has 1 aromatic carbocycles. The van der Waals surface area contributed by atoms with Crippen LogP contribution in [0.2, 0.25) is 0 Å². The molecule has 4 aliphatic rings. The Morgan fingerprint density at radius 2 is 1.71 bits per heavy atom. The highest BCUT2D eigenvalue weighted by molar-refractivity contribution is 5.95. The summed E-state index contributed by atoms with van der Waals surface area (Å²) in [5.74, 6) is 3.43. The molecule has 2 amide bonds. The summed E-state index contributed by atoms with van der Waals surface area (Å²) in [4.78, 5) is 37.3. The molecular formula is C38H50N5O5+. The first-order valence-electron chi connectivity index (χ1n) is 17.9. The van der Waals surface area contributed by atoms with Crippen LogP contribution in [0.3, 0.4) is 0 Å². The zero-order valence-corrected chi connectivity index (χ0v) is 28.6. The molecule has 3 aliphatic carbocycles. The smallest absolute Gasteiger partial charge is 0.410 e. The van der Waals surface area contributed by atoms with Gasteiger partial charge in [0.2, 0.25) is 5.91 Å². The molecular weight excluding hydrogens is 606 g/mol. The van der Waals surface area contributed by atoms with E-state index < -0.39 is 6.10 Å². The van der Waals surface area contributed by atoms with E-state index in [9.17, 15) is 14.7 Å². The lowest BCUT2D eigenvalue weighted by Gasteiger charge is -2.38. The maximum atomic E-state index is 14.4. The molecule has 48 heavy (non-hydrogen) atoms. The number of hydrogen-bond acceptors (Lipinski definition) is 7. The lowest BCUT2D eigenvalue weighted by molar-refractivity contribution is -0.659. The molecule has 1 N–H and O–H groups in total. The van der Waals surface area contributed by atoms with E-state index in [4.69, 9.17) is 14.1 Å². The van der Waals surface area contributed by atoms with Crippen LogP contribution in [0, 0.1) is 11.8 Å². The van der Waals surface area contributed by atoms with E-state index in [1.165, 1.54) is 16.3 Å². The Kier molecular flexibility index (Phi) is 9.45. The Hall–Kier alpha value is -3.92. The number of nitrogens with zero attached hydrogens (tertiary/aromatic N) is 5. The average molecular weight is 657 g/mol. The number of β-amino-alcohol motifs (C(OH)–C–C–N with tert-alkyl or cyclic N) is 1. The van der Waals surface area contributed by atoms with Crippen LogP contribution >= 0.6 is 0 Å². The minimum atomic E-state index is -0.451. The fourth-order valence-corrected chi connectivity index (χ4v) is 7.83. The Morgan fingerprint density at radius 1 is 0.979 bits per heavy atom. The number of rotatable bonds is 9. The van der Waals surface area contributed by atoms with E-state index in [1.54, 1.807) is 6.26 Å². The molecule has 0 radical (unpaired) electrons. The van der Waals surface area contributed by atoms with Crippen molar-refractivity contribution in [3.8, 4) is 11.3 Å². The van der Waals surface area contributed by atoms with Crippen LogP contribution in [0.15, 0.2) is 53.3 Å². The lowest BCUT2D eigenvalue weighted by atomic mass is 9.78. The van der Waals surface area contributed by atoms with E-state index in [-0.39, 0.29) is 24.0 Å². The van der Waals surface area contributed by atoms with Crippen LogP contribution in [0.4, 0.5) is 16.3 Å². The number of carbonyl (C=O) groups excluding carboxylic acids is 2. The first-order chi connectivity index (χ1) is 23.2. The van der Waals surface area contributed by atoms with Gasteiger partial charge in [0.25, 0.3) is 5.82 Å². The van der Waals surface area contributed by atoms with Gasteiger partial charge < -0.3 is 24.1 Å². The van der Waals surface area contributed by atoms with Crippen molar-refractivity contribution in [2.75, 3.05) is 43.5 Å². The fourth-order valence-electron chi connectivity index (χ4n) is 7.83. The van der Waals surface area contributed by atoms with E-state index in [0.29, 0.717) is 63.1 Å². The number of hydrogen-bond donors (Lipinski definition) is 1. The summed E-state index contributed by atoms with van der Waals surface area (Å²) in [5.41, 5.74) is 4.08. The molecule has 7 rings (SSSR count). The fraction of sp³-hybridized carbons (Fsp3) is 0.579. The van der Waals surface area contributed by atoms with Crippen LogP contribution in [0.5, 0.6) is 0 Å². The van der Waals surface area contributed by atoms with Gasteiger partial charge in [-0.1, -0.05) is 12.1 Å². The highest BCUT2D eigenvalue weighted by Crippen LogP contribution is 2.41. The number of aliphatic hydroxyl groups is 1. The number of amides is 2. The number of anilines is 2. The maximum Gasteiger partial charge on any atom is 0.410 e. The molecule has 0 atom stereocenters. The molecule has 256 valence electrons. The van der Waals surface area contributed by atoms with Crippen LogP contribution in [-0.2, 0) is 16.6 Å². The summed E-state index contributed by atoms with van der Waals surface area (Å²) < 4.78 is 13.7. The van der Waals surface area contributed by atoms with E-state index in [1.807, 2.05) is 17.0 Å². The van der Waals surface area contributed by atoms with Crippen LogP contribution in [0.1, 0.15) is 87.5 Å². The summed E-state index contributed by atoms with van der Waals surface area (Å²) in [6.45, 7) is 1.36. The number of pyridine rings is 1. The summed E-state index contributed by atoms with van der Waals surface area (Å²) in [6, 6.07) is 12.7. The molecule has 2 aromatic heterocycles. The zero-order valence-electron chi connectivity index (χ0n) is 28.6. The van der Waals surface area contributed by atoms with Crippen molar-refractivity contribution >= 4 is 23.5 Å². The molecule has 1 aliphatic heterocycles. The van der Waals surface area contributed by atoms with Crippen LogP contribution in [0.25, 0.3) is 11.3 Å². The van der Waals surface area contributed by atoms with Crippen molar-refractivity contribution < 1.29 is 28.4 Å². The minimum absolute atomic E-state index is 0.116. The molecule has 4 fully saturated rings.